The highest BCUT2D eigenvalue weighted by atomic mass is 19.3. The molecular formula is C22H28F4N2O2. The van der Waals surface area contributed by atoms with Gasteiger partial charge in [-0.3, -0.25) is 0 Å². The van der Waals surface area contributed by atoms with Crippen LogP contribution < -0.4 is 9.64 Å². The number of aliphatic hydroxyl groups is 1. The van der Waals surface area contributed by atoms with E-state index in [-0.39, 0.29) is 12.2 Å². The first-order chi connectivity index (χ1) is 14.0. The van der Waals surface area contributed by atoms with Gasteiger partial charge in [0, 0.05) is 39.1 Å². The molecule has 0 spiro atoms. The Morgan fingerprint density at radius 3 is 2.23 bits per heavy atom. The van der Waals surface area contributed by atoms with Crippen molar-refractivity contribution in [1.82, 2.24) is 4.98 Å². The van der Waals surface area contributed by atoms with Crippen molar-refractivity contribution in [3.8, 4) is 5.75 Å². The van der Waals surface area contributed by atoms with Crippen LogP contribution >= 0.6 is 0 Å². The average Bonchev–Trinajstić information content (AvgIpc) is 2.64. The molecule has 8 heteroatoms. The number of alkyl halides is 4. The van der Waals surface area contributed by atoms with Gasteiger partial charge in [-0.1, -0.05) is 18.2 Å². The number of anilines is 1. The first kappa shape index (κ1) is 23.9. The second kappa shape index (κ2) is 10.1. The van der Waals surface area contributed by atoms with Crippen molar-refractivity contribution < 1.29 is 27.4 Å². The number of rotatable bonds is 11. The van der Waals surface area contributed by atoms with Gasteiger partial charge in [-0.25, -0.2) is 13.8 Å². The van der Waals surface area contributed by atoms with Crippen molar-refractivity contribution in [1.29, 1.82) is 0 Å². The minimum atomic E-state index is -3.27. The second-order valence-electron chi connectivity index (χ2n) is 7.48. The molecule has 0 aliphatic heterocycles. The van der Waals surface area contributed by atoms with Crippen molar-refractivity contribution >= 4 is 5.82 Å². The van der Waals surface area contributed by atoms with Crippen molar-refractivity contribution in [3.05, 3.63) is 53.7 Å². The molecule has 0 saturated carbocycles. The van der Waals surface area contributed by atoms with Gasteiger partial charge in [0.05, 0.1) is 6.10 Å². The Morgan fingerprint density at radius 2 is 1.73 bits per heavy atom. The molecule has 0 radical (unpaired) electrons. The van der Waals surface area contributed by atoms with Crippen molar-refractivity contribution in [2.45, 2.75) is 58.2 Å². The number of halogens is 4. The van der Waals surface area contributed by atoms with E-state index < -0.39 is 18.1 Å². The lowest BCUT2D eigenvalue weighted by Gasteiger charge is -2.23. The predicted octanol–water partition coefficient (Wildman–Crippen LogP) is 5.61. The zero-order valence-corrected chi connectivity index (χ0v) is 17.4. The van der Waals surface area contributed by atoms with E-state index in [0.717, 1.165) is 12.5 Å². The van der Waals surface area contributed by atoms with Gasteiger partial charge in [0.1, 0.15) is 11.6 Å². The molecule has 30 heavy (non-hydrogen) atoms. The standard InChI is InChI=1S/C22H28F4N2O2/c1-4-28(13-5-12-21(2,23)24)20-11-6-16(15-27-20)14-19(29)17-7-9-18(10-8-17)30-22(3,25)26/h6-11,15,19,29H,4-5,12-14H2,1-3H3. The molecule has 166 valence electrons. The maximum absolute atomic E-state index is 13.0. The fourth-order valence-electron chi connectivity index (χ4n) is 3.05. The highest BCUT2D eigenvalue weighted by molar-refractivity contribution is 5.39. The number of hydrogen-bond donors (Lipinski definition) is 1. The van der Waals surface area contributed by atoms with E-state index in [1.54, 1.807) is 12.3 Å². The first-order valence-corrected chi connectivity index (χ1v) is 9.89. The highest BCUT2D eigenvalue weighted by Crippen LogP contribution is 2.25. The van der Waals surface area contributed by atoms with E-state index in [1.807, 2.05) is 17.9 Å². The fourth-order valence-corrected chi connectivity index (χ4v) is 3.05. The largest absolute Gasteiger partial charge is 0.433 e. The summed E-state index contributed by atoms with van der Waals surface area (Å²) in [4.78, 5) is 6.31. The summed E-state index contributed by atoms with van der Waals surface area (Å²) in [5.41, 5.74) is 1.37. The summed E-state index contributed by atoms with van der Waals surface area (Å²) >= 11 is 0. The van der Waals surface area contributed by atoms with Crippen LogP contribution in [0.3, 0.4) is 0 Å². The van der Waals surface area contributed by atoms with Crippen molar-refractivity contribution in [2.24, 2.45) is 0 Å². The van der Waals surface area contributed by atoms with Crippen LogP contribution in [0.25, 0.3) is 0 Å². The van der Waals surface area contributed by atoms with Gasteiger partial charge in [0.25, 0.3) is 0 Å². The van der Waals surface area contributed by atoms with Crippen LogP contribution in [0.4, 0.5) is 23.4 Å². The Labute approximate surface area is 174 Å². The predicted molar refractivity (Wildman–Crippen MR) is 108 cm³/mol. The Kier molecular flexibility index (Phi) is 8.06. The zero-order valence-electron chi connectivity index (χ0n) is 17.4. The molecular weight excluding hydrogens is 400 g/mol. The minimum Gasteiger partial charge on any atom is -0.433 e. The van der Waals surface area contributed by atoms with Gasteiger partial charge in [0.15, 0.2) is 0 Å². The summed E-state index contributed by atoms with van der Waals surface area (Å²) < 4.78 is 56.2. The summed E-state index contributed by atoms with van der Waals surface area (Å²) in [5, 5.41) is 10.4. The Morgan fingerprint density at radius 1 is 1.07 bits per heavy atom. The third-order valence-electron chi connectivity index (χ3n) is 4.55. The van der Waals surface area contributed by atoms with Crippen LogP contribution in [0.5, 0.6) is 5.75 Å². The lowest BCUT2D eigenvalue weighted by molar-refractivity contribution is -0.158. The number of benzene rings is 1. The number of nitrogens with zero attached hydrogens (tertiary/aromatic N) is 2. The highest BCUT2D eigenvalue weighted by Gasteiger charge is 2.23. The maximum atomic E-state index is 13.0. The molecule has 1 N–H and O–H groups in total. The topological polar surface area (TPSA) is 45.6 Å². The van der Waals surface area contributed by atoms with Gasteiger partial charge in [-0.05, 0) is 49.6 Å². The van der Waals surface area contributed by atoms with Gasteiger partial charge >= 0.3 is 6.11 Å². The number of aromatic nitrogens is 1. The molecule has 0 amide bonds. The van der Waals surface area contributed by atoms with Gasteiger partial charge < -0.3 is 14.7 Å². The quantitative estimate of drug-likeness (QED) is 0.473. The molecule has 2 aromatic rings. The van der Waals surface area contributed by atoms with E-state index in [9.17, 15) is 22.7 Å². The monoisotopic (exact) mass is 428 g/mol. The van der Waals surface area contributed by atoms with Gasteiger partial charge in [-0.15, -0.1) is 0 Å². The van der Waals surface area contributed by atoms with Gasteiger partial charge in [-0.2, -0.15) is 8.78 Å². The zero-order chi connectivity index (χ0) is 22.4. The average molecular weight is 428 g/mol. The van der Waals surface area contributed by atoms with Crippen LogP contribution in [0.15, 0.2) is 42.6 Å². The first-order valence-electron chi connectivity index (χ1n) is 9.89. The number of ether oxygens (including phenoxy) is 1. The van der Waals surface area contributed by atoms with E-state index in [4.69, 9.17) is 0 Å². The summed E-state index contributed by atoms with van der Waals surface area (Å²) in [6.07, 6.45) is -1.97. The van der Waals surface area contributed by atoms with Crippen molar-refractivity contribution in [3.63, 3.8) is 0 Å². The van der Waals surface area contributed by atoms with E-state index in [0.29, 0.717) is 44.2 Å². The summed E-state index contributed by atoms with van der Waals surface area (Å²) in [5.74, 6) is -1.96. The molecule has 0 fully saturated rings. The van der Waals surface area contributed by atoms with E-state index in [2.05, 4.69) is 9.72 Å². The number of hydrogen-bond acceptors (Lipinski definition) is 4. The molecule has 0 aliphatic carbocycles. The number of aliphatic hydroxyl groups excluding tert-OH is 1. The molecule has 1 atom stereocenters. The fraction of sp³-hybridized carbons (Fsp3) is 0.500. The molecule has 1 unspecified atom stereocenters. The molecule has 0 bridgehead atoms. The second-order valence-corrected chi connectivity index (χ2v) is 7.48. The molecule has 1 heterocycles. The minimum absolute atomic E-state index is 0.0185. The Bertz CT molecular complexity index is 772. The van der Waals surface area contributed by atoms with Crippen LogP contribution in [-0.2, 0) is 6.42 Å². The van der Waals surface area contributed by atoms with Gasteiger partial charge in [0.2, 0.25) is 5.92 Å². The van der Waals surface area contributed by atoms with Crippen LogP contribution in [-0.4, -0.2) is 35.2 Å². The SMILES string of the molecule is CCN(CCCC(C)(F)F)c1ccc(CC(O)c2ccc(OC(C)(F)F)cc2)cn1. The smallest absolute Gasteiger partial charge is 0.394 e. The van der Waals surface area contributed by atoms with Crippen LogP contribution in [0.2, 0.25) is 0 Å². The summed E-state index contributed by atoms with van der Waals surface area (Å²) in [7, 11) is 0. The molecule has 0 aliphatic rings. The molecule has 4 nitrogen and oxygen atoms in total. The lowest BCUT2D eigenvalue weighted by Crippen LogP contribution is -2.26. The third kappa shape index (κ3) is 8.18. The Balaban J connectivity index is 1.94. The summed E-state index contributed by atoms with van der Waals surface area (Å²) in [6, 6.07) is 9.48. The van der Waals surface area contributed by atoms with Crippen molar-refractivity contribution in [2.75, 3.05) is 18.0 Å². The third-order valence-corrected chi connectivity index (χ3v) is 4.55. The normalized spacial score (nSPS) is 13.2. The maximum Gasteiger partial charge on any atom is 0.394 e. The van der Waals surface area contributed by atoms with E-state index in [1.165, 1.54) is 24.3 Å². The van der Waals surface area contributed by atoms with Crippen LogP contribution in [0.1, 0.15) is 50.8 Å². The lowest BCUT2D eigenvalue weighted by atomic mass is 10.0. The molecule has 1 aromatic carbocycles. The summed E-state index contributed by atoms with van der Waals surface area (Å²) in [6.45, 7) is 4.65. The Hall–Kier alpha value is -2.35. The number of pyridine rings is 1. The molecule has 2 rings (SSSR count). The molecule has 1 aromatic heterocycles. The van der Waals surface area contributed by atoms with Crippen LogP contribution in [0, 0.1) is 0 Å². The molecule has 0 saturated heterocycles. The van der Waals surface area contributed by atoms with E-state index >= 15 is 0 Å².